The van der Waals surface area contributed by atoms with Crippen LogP contribution in [0.25, 0.3) is 11.0 Å². The first-order valence-electron chi connectivity index (χ1n) is 9.57. The molecule has 0 saturated carbocycles. The van der Waals surface area contributed by atoms with Crippen LogP contribution in [0.3, 0.4) is 0 Å². The van der Waals surface area contributed by atoms with Gasteiger partial charge in [0.05, 0.1) is 28.9 Å². The van der Waals surface area contributed by atoms with Gasteiger partial charge in [0.2, 0.25) is 0 Å². The summed E-state index contributed by atoms with van der Waals surface area (Å²) >= 11 is 0. The van der Waals surface area contributed by atoms with Gasteiger partial charge in [0.25, 0.3) is 5.91 Å². The van der Waals surface area contributed by atoms with E-state index in [1.165, 1.54) is 0 Å². The number of pyridine rings is 1. The minimum atomic E-state index is -0.0208. The number of aromatic nitrogens is 5. The van der Waals surface area contributed by atoms with Crippen molar-refractivity contribution < 1.29 is 4.79 Å². The van der Waals surface area contributed by atoms with Crippen LogP contribution in [0.4, 0.5) is 0 Å². The van der Waals surface area contributed by atoms with Gasteiger partial charge in [-0.15, -0.1) is 0 Å². The first kappa shape index (κ1) is 19.1. The maximum atomic E-state index is 13.2. The van der Waals surface area contributed by atoms with Gasteiger partial charge < -0.3 is 4.90 Å². The number of rotatable bonds is 7. The zero-order valence-corrected chi connectivity index (χ0v) is 16.9. The van der Waals surface area contributed by atoms with E-state index >= 15 is 0 Å². The predicted octanol–water partition coefficient (Wildman–Crippen LogP) is 3.34. The molecular weight excluding hydrogens is 340 g/mol. The van der Waals surface area contributed by atoms with Crippen molar-refractivity contribution in [2.45, 2.75) is 60.2 Å². The average molecular weight is 368 g/mol. The van der Waals surface area contributed by atoms with Gasteiger partial charge in [-0.3, -0.25) is 9.48 Å². The maximum absolute atomic E-state index is 13.2. The van der Waals surface area contributed by atoms with E-state index < -0.39 is 0 Å². The number of fused-ring (bicyclic) bond motifs is 1. The summed E-state index contributed by atoms with van der Waals surface area (Å²) in [6, 6.07) is 3.83. The molecule has 0 unspecified atom stereocenters. The Balaban J connectivity index is 1.97. The summed E-state index contributed by atoms with van der Waals surface area (Å²) in [6.45, 7) is 10.2. The lowest BCUT2D eigenvalue weighted by Gasteiger charge is -2.18. The van der Waals surface area contributed by atoms with Crippen molar-refractivity contribution >= 4 is 16.9 Å². The molecule has 0 aliphatic heterocycles. The zero-order valence-electron chi connectivity index (χ0n) is 16.9. The largest absolute Gasteiger partial charge is 0.336 e. The van der Waals surface area contributed by atoms with Crippen LogP contribution in [0.2, 0.25) is 0 Å². The average Bonchev–Trinajstić information content (AvgIpc) is 3.22. The SMILES string of the molecule is CCCCn1nc(C)c2c(C(=O)N(C)Cc3ccnn3CC)cc(C)nc21. The summed E-state index contributed by atoms with van der Waals surface area (Å²) in [6.07, 6.45) is 3.90. The van der Waals surface area contributed by atoms with Crippen LogP contribution in [0.15, 0.2) is 18.3 Å². The third kappa shape index (κ3) is 3.72. The number of carbonyl (C=O) groups is 1. The van der Waals surface area contributed by atoms with Crippen LogP contribution in [0, 0.1) is 13.8 Å². The molecule has 3 aromatic rings. The fourth-order valence-electron chi connectivity index (χ4n) is 3.41. The molecule has 0 aromatic carbocycles. The number of amides is 1. The molecule has 27 heavy (non-hydrogen) atoms. The quantitative estimate of drug-likeness (QED) is 0.641. The Morgan fingerprint density at radius 2 is 2.00 bits per heavy atom. The smallest absolute Gasteiger partial charge is 0.254 e. The van der Waals surface area contributed by atoms with Crippen molar-refractivity contribution in [1.29, 1.82) is 0 Å². The fraction of sp³-hybridized carbons (Fsp3) is 0.500. The van der Waals surface area contributed by atoms with Gasteiger partial charge in [-0.2, -0.15) is 10.2 Å². The molecule has 0 fully saturated rings. The van der Waals surface area contributed by atoms with Gasteiger partial charge in [-0.25, -0.2) is 9.67 Å². The minimum absolute atomic E-state index is 0.0208. The Kier molecular flexibility index (Phi) is 5.58. The monoisotopic (exact) mass is 368 g/mol. The molecule has 3 aromatic heterocycles. The summed E-state index contributed by atoms with van der Waals surface area (Å²) in [5.41, 5.74) is 4.17. The normalized spacial score (nSPS) is 11.3. The molecule has 3 rings (SSSR count). The van der Waals surface area contributed by atoms with Crippen molar-refractivity contribution in [1.82, 2.24) is 29.4 Å². The lowest BCUT2D eigenvalue weighted by atomic mass is 10.1. The van der Waals surface area contributed by atoms with E-state index in [2.05, 4.69) is 22.1 Å². The lowest BCUT2D eigenvalue weighted by molar-refractivity contribution is 0.0783. The van der Waals surface area contributed by atoms with E-state index in [-0.39, 0.29) is 5.91 Å². The minimum Gasteiger partial charge on any atom is -0.336 e. The molecule has 7 nitrogen and oxygen atoms in total. The number of nitrogens with zero attached hydrogens (tertiary/aromatic N) is 6. The van der Waals surface area contributed by atoms with E-state index in [0.29, 0.717) is 12.1 Å². The first-order chi connectivity index (χ1) is 13.0. The highest BCUT2D eigenvalue weighted by atomic mass is 16.2. The molecule has 0 N–H and O–H groups in total. The van der Waals surface area contributed by atoms with Crippen LogP contribution >= 0.6 is 0 Å². The number of hydrogen-bond acceptors (Lipinski definition) is 4. The topological polar surface area (TPSA) is 68.8 Å². The lowest BCUT2D eigenvalue weighted by Crippen LogP contribution is -2.28. The Hall–Kier alpha value is -2.70. The molecule has 0 radical (unpaired) electrons. The van der Waals surface area contributed by atoms with Gasteiger partial charge >= 0.3 is 0 Å². The molecule has 0 aliphatic rings. The van der Waals surface area contributed by atoms with Crippen molar-refractivity contribution in [3.8, 4) is 0 Å². The van der Waals surface area contributed by atoms with E-state index in [4.69, 9.17) is 0 Å². The van der Waals surface area contributed by atoms with Crippen LogP contribution in [0.1, 0.15) is 54.1 Å². The second-order valence-electron chi connectivity index (χ2n) is 6.97. The molecule has 7 heteroatoms. The van der Waals surface area contributed by atoms with Gasteiger partial charge in [-0.05, 0) is 39.3 Å². The molecule has 0 saturated heterocycles. The van der Waals surface area contributed by atoms with Crippen molar-refractivity contribution in [3.63, 3.8) is 0 Å². The molecule has 1 amide bonds. The fourth-order valence-corrected chi connectivity index (χ4v) is 3.41. The maximum Gasteiger partial charge on any atom is 0.254 e. The van der Waals surface area contributed by atoms with Gasteiger partial charge in [-0.1, -0.05) is 13.3 Å². The molecule has 0 aliphatic carbocycles. The first-order valence-corrected chi connectivity index (χ1v) is 9.57. The summed E-state index contributed by atoms with van der Waals surface area (Å²) in [4.78, 5) is 19.7. The molecule has 0 spiro atoms. The van der Waals surface area contributed by atoms with E-state index in [0.717, 1.165) is 54.0 Å². The number of unbranched alkanes of at least 4 members (excludes halogenated alkanes) is 1. The molecule has 144 valence electrons. The Bertz CT molecular complexity index is 955. The highest BCUT2D eigenvalue weighted by Gasteiger charge is 2.21. The number of hydrogen-bond donors (Lipinski definition) is 0. The van der Waals surface area contributed by atoms with Gasteiger partial charge in [0.1, 0.15) is 0 Å². The molecular formula is C20H28N6O. The van der Waals surface area contributed by atoms with Crippen LogP contribution in [-0.4, -0.2) is 42.4 Å². The van der Waals surface area contributed by atoms with Crippen LogP contribution < -0.4 is 0 Å². The third-order valence-corrected chi connectivity index (χ3v) is 4.81. The second kappa shape index (κ2) is 7.90. The van der Waals surface area contributed by atoms with E-state index in [9.17, 15) is 4.79 Å². The molecule has 0 atom stereocenters. The van der Waals surface area contributed by atoms with E-state index in [1.54, 1.807) is 11.1 Å². The predicted molar refractivity (Wildman–Crippen MR) is 106 cm³/mol. The Labute approximate surface area is 160 Å². The summed E-state index contributed by atoms with van der Waals surface area (Å²) in [5.74, 6) is -0.0208. The number of aryl methyl sites for hydroxylation is 4. The van der Waals surface area contributed by atoms with E-state index in [1.807, 2.05) is 49.3 Å². The summed E-state index contributed by atoms with van der Waals surface area (Å²) in [7, 11) is 1.83. The summed E-state index contributed by atoms with van der Waals surface area (Å²) in [5, 5.41) is 9.79. The number of carbonyl (C=O) groups excluding carboxylic acids is 1. The highest BCUT2D eigenvalue weighted by molar-refractivity contribution is 6.06. The molecule has 3 heterocycles. The van der Waals surface area contributed by atoms with Crippen molar-refractivity contribution in [2.75, 3.05) is 7.05 Å². The van der Waals surface area contributed by atoms with Gasteiger partial charge in [0.15, 0.2) is 5.65 Å². The highest BCUT2D eigenvalue weighted by Crippen LogP contribution is 2.24. The van der Waals surface area contributed by atoms with Crippen LogP contribution in [0.5, 0.6) is 0 Å². The standard InChI is InChI=1S/C20H28N6O/c1-6-8-11-26-19-18(15(4)23-26)17(12-14(3)22-19)20(27)24(5)13-16-9-10-21-25(16)7-2/h9-10,12H,6-8,11,13H2,1-5H3. The van der Waals surface area contributed by atoms with Crippen molar-refractivity contribution in [2.24, 2.45) is 0 Å². The van der Waals surface area contributed by atoms with Crippen molar-refractivity contribution in [3.05, 3.63) is 41.0 Å². The zero-order chi connectivity index (χ0) is 19.6. The molecule has 0 bridgehead atoms. The van der Waals surface area contributed by atoms with Crippen LogP contribution in [-0.2, 0) is 19.6 Å². The Morgan fingerprint density at radius 1 is 1.22 bits per heavy atom. The second-order valence-corrected chi connectivity index (χ2v) is 6.97. The third-order valence-electron chi connectivity index (χ3n) is 4.81. The Morgan fingerprint density at radius 3 is 2.70 bits per heavy atom. The van der Waals surface area contributed by atoms with Gasteiger partial charge in [0, 0.05) is 32.0 Å². The summed E-state index contributed by atoms with van der Waals surface area (Å²) < 4.78 is 3.84.